The number of benzene rings is 1. The molecule has 6 nitrogen and oxygen atoms in total. The highest BCUT2D eigenvalue weighted by Gasteiger charge is 2.64. The number of hydrogen-bond acceptors (Lipinski definition) is 5. The van der Waals surface area contributed by atoms with Gasteiger partial charge >= 0.3 is 5.97 Å². The standard InChI is InChI=1S/C18H20N2O4S2/c1-18(2)14(17(23)24)20-15(22)13(16(20)26-18)19-12(21)10-25-9-8-11-6-4-3-5-7-11/h3-9,13-14,16H,10H2,1-2H3,(H,19,21)(H,23,24)/b9-8+/t13-,14?,16-/m0/s1. The number of nitrogens with zero attached hydrogens (tertiary/aromatic N) is 1. The molecule has 2 N–H and O–H groups in total. The minimum absolute atomic E-state index is 0.205. The van der Waals surface area contributed by atoms with Gasteiger partial charge in [-0.05, 0) is 30.9 Å². The molecule has 2 heterocycles. The topological polar surface area (TPSA) is 86.7 Å². The molecule has 3 atom stereocenters. The number of amides is 2. The van der Waals surface area contributed by atoms with Gasteiger partial charge < -0.3 is 15.3 Å². The van der Waals surface area contributed by atoms with E-state index in [4.69, 9.17) is 0 Å². The first-order chi connectivity index (χ1) is 12.3. The molecule has 2 aliphatic heterocycles. The summed E-state index contributed by atoms with van der Waals surface area (Å²) < 4.78 is -0.585. The molecule has 2 fully saturated rings. The van der Waals surface area contributed by atoms with E-state index in [0.29, 0.717) is 0 Å². The zero-order valence-corrected chi connectivity index (χ0v) is 16.0. The highest BCUT2D eigenvalue weighted by atomic mass is 32.2. The molecular formula is C18H20N2O4S2. The summed E-state index contributed by atoms with van der Waals surface area (Å²) in [6.07, 6.45) is 1.92. The van der Waals surface area contributed by atoms with Crippen molar-refractivity contribution in [3.8, 4) is 0 Å². The molecule has 3 rings (SSSR count). The molecule has 0 saturated carbocycles. The fourth-order valence-electron chi connectivity index (χ4n) is 3.18. The number of thioether (sulfide) groups is 2. The van der Waals surface area contributed by atoms with Crippen LogP contribution >= 0.6 is 23.5 Å². The highest BCUT2D eigenvalue weighted by Crippen LogP contribution is 2.50. The first-order valence-electron chi connectivity index (χ1n) is 8.16. The lowest BCUT2D eigenvalue weighted by molar-refractivity contribution is -0.160. The summed E-state index contributed by atoms with van der Waals surface area (Å²) in [5.74, 6) is -1.36. The molecule has 8 heteroatoms. The van der Waals surface area contributed by atoms with Crippen LogP contribution in [-0.4, -0.2) is 55.7 Å². The summed E-state index contributed by atoms with van der Waals surface area (Å²) in [5, 5.41) is 13.7. The normalized spacial score (nSPS) is 26.5. The van der Waals surface area contributed by atoms with Gasteiger partial charge in [0.1, 0.15) is 17.5 Å². The quantitative estimate of drug-likeness (QED) is 0.721. The van der Waals surface area contributed by atoms with Crippen LogP contribution in [0.25, 0.3) is 6.08 Å². The Hall–Kier alpha value is -1.93. The molecule has 138 valence electrons. The summed E-state index contributed by atoms with van der Waals surface area (Å²) >= 11 is 2.77. The van der Waals surface area contributed by atoms with Crippen molar-refractivity contribution in [2.24, 2.45) is 0 Å². The number of rotatable bonds is 6. The zero-order chi connectivity index (χ0) is 18.9. The molecule has 2 saturated heterocycles. The van der Waals surface area contributed by atoms with Gasteiger partial charge in [0.2, 0.25) is 11.8 Å². The molecule has 2 amide bonds. The molecule has 2 aliphatic rings. The van der Waals surface area contributed by atoms with Gasteiger partial charge in [0.25, 0.3) is 0 Å². The maximum atomic E-state index is 12.3. The van der Waals surface area contributed by atoms with Crippen LogP contribution in [0.4, 0.5) is 0 Å². The Morgan fingerprint density at radius 3 is 2.69 bits per heavy atom. The van der Waals surface area contributed by atoms with Crippen LogP contribution in [-0.2, 0) is 14.4 Å². The second-order valence-electron chi connectivity index (χ2n) is 6.67. The maximum Gasteiger partial charge on any atom is 0.327 e. The van der Waals surface area contributed by atoms with Crippen LogP contribution in [0.15, 0.2) is 35.7 Å². The lowest BCUT2D eigenvalue weighted by Gasteiger charge is -2.43. The number of carboxylic acids is 1. The van der Waals surface area contributed by atoms with Crippen molar-refractivity contribution in [2.45, 2.75) is 36.1 Å². The Labute approximate surface area is 160 Å². The highest BCUT2D eigenvalue weighted by molar-refractivity contribution is 8.02. The molecule has 0 aromatic heterocycles. The van der Waals surface area contributed by atoms with Crippen LogP contribution in [0.3, 0.4) is 0 Å². The molecule has 1 aromatic carbocycles. The molecule has 1 aromatic rings. The molecule has 0 spiro atoms. The Morgan fingerprint density at radius 1 is 1.35 bits per heavy atom. The molecule has 0 radical (unpaired) electrons. The average Bonchev–Trinajstić information content (AvgIpc) is 2.86. The number of carboxylic acid groups (broad SMARTS) is 1. The second-order valence-corrected chi connectivity index (χ2v) is 9.33. The second kappa shape index (κ2) is 7.36. The lowest BCUT2D eigenvalue weighted by atomic mass is 9.96. The molecule has 0 bridgehead atoms. The van der Waals surface area contributed by atoms with E-state index < -0.39 is 22.8 Å². The van der Waals surface area contributed by atoms with Gasteiger partial charge in [-0.3, -0.25) is 9.59 Å². The third-order valence-electron chi connectivity index (χ3n) is 4.36. The number of carbonyl (C=O) groups excluding carboxylic acids is 2. The van der Waals surface area contributed by atoms with Crippen molar-refractivity contribution in [1.29, 1.82) is 0 Å². The third kappa shape index (κ3) is 3.61. The van der Waals surface area contributed by atoms with Crippen LogP contribution < -0.4 is 5.32 Å². The first kappa shape index (κ1) is 18.8. The monoisotopic (exact) mass is 392 g/mol. The van der Waals surface area contributed by atoms with Crippen molar-refractivity contribution in [2.75, 3.05) is 5.75 Å². The number of hydrogen-bond donors (Lipinski definition) is 2. The van der Waals surface area contributed by atoms with E-state index in [2.05, 4.69) is 5.32 Å². The van der Waals surface area contributed by atoms with E-state index in [1.54, 1.807) is 0 Å². The van der Waals surface area contributed by atoms with E-state index in [0.717, 1.165) is 5.56 Å². The Kier molecular flexibility index (Phi) is 5.34. The van der Waals surface area contributed by atoms with Crippen LogP contribution in [0.1, 0.15) is 19.4 Å². The van der Waals surface area contributed by atoms with Gasteiger partial charge in [-0.1, -0.05) is 30.3 Å². The summed E-state index contributed by atoms with van der Waals surface area (Å²) in [6.45, 7) is 3.62. The number of fused-ring (bicyclic) bond motifs is 1. The Balaban J connectivity index is 1.51. The van der Waals surface area contributed by atoms with Crippen molar-refractivity contribution in [1.82, 2.24) is 10.2 Å². The van der Waals surface area contributed by atoms with Crippen molar-refractivity contribution in [3.05, 3.63) is 41.3 Å². The number of nitrogens with one attached hydrogen (secondary N) is 1. The van der Waals surface area contributed by atoms with Crippen LogP contribution in [0, 0.1) is 0 Å². The van der Waals surface area contributed by atoms with Gasteiger partial charge in [-0.15, -0.1) is 23.5 Å². The fraction of sp³-hybridized carbons (Fsp3) is 0.389. The van der Waals surface area contributed by atoms with Gasteiger partial charge in [-0.2, -0.15) is 0 Å². The number of β-lactam (4-membered cyclic amide) rings is 1. The van der Waals surface area contributed by atoms with E-state index in [9.17, 15) is 19.5 Å². The zero-order valence-electron chi connectivity index (χ0n) is 14.4. The van der Waals surface area contributed by atoms with E-state index in [1.165, 1.54) is 28.4 Å². The van der Waals surface area contributed by atoms with Crippen molar-refractivity contribution < 1.29 is 19.5 Å². The Bertz CT molecular complexity index is 751. The lowest BCUT2D eigenvalue weighted by Crippen LogP contribution is -2.70. The first-order valence-corrected chi connectivity index (χ1v) is 10.1. The Morgan fingerprint density at radius 2 is 2.04 bits per heavy atom. The van der Waals surface area contributed by atoms with Gasteiger partial charge in [0.15, 0.2) is 0 Å². The van der Waals surface area contributed by atoms with Crippen molar-refractivity contribution >= 4 is 47.4 Å². The summed E-state index contributed by atoms with van der Waals surface area (Å²) in [7, 11) is 0. The van der Waals surface area contributed by atoms with Gasteiger partial charge in [0, 0.05) is 4.75 Å². The summed E-state index contributed by atoms with van der Waals surface area (Å²) in [6, 6.07) is 8.25. The maximum absolute atomic E-state index is 12.3. The number of carbonyl (C=O) groups is 3. The van der Waals surface area contributed by atoms with Crippen molar-refractivity contribution in [3.63, 3.8) is 0 Å². The van der Waals surface area contributed by atoms with E-state index in [1.807, 2.05) is 55.7 Å². The van der Waals surface area contributed by atoms with Crippen LogP contribution in [0.2, 0.25) is 0 Å². The SMILES string of the molecule is CC1(C)S[C@H]2[C@@H](NC(=O)CS/C=C/c3ccccc3)C(=O)N2C1C(=O)O. The molecule has 26 heavy (non-hydrogen) atoms. The molecule has 1 unspecified atom stereocenters. The van der Waals surface area contributed by atoms with Gasteiger partial charge in [0.05, 0.1) is 5.75 Å². The van der Waals surface area contributed by atoms with Gasteiger partial charge in [-0.25, -0.2) is 4.79 Å². The minimum Gasteiger partial charge on any atom is -0.480 e. The largest absolute Gasteiger partial charge is 0.480 e. The molecule has 0 aliphatic carbocycles. The van der Waals surface area contributed by atoms with Crippen LogP contribution in [0.5, 0.6) is 0 Å². The van der Waals surface area contributed by atoms with E-state index in [-0.39, 0.29) is 22.9 Å². The predicted octanol–water partition coefficient (Wildman–Crippen LogP) is 2.02. The minimum atomic E-state index is -1.01. The predicted molar refractivity (Wildman–Crippen MR) is 104 cm³/mol. The summed E-state index contributed by atoms with van der Waals surface area (Å²) in [5.41, 5.74) is 1.05. The summed E-state index contributed by atoms with van der Waals surface area (Å²) in [4.78, 5) is 37.3. The fourth-order valence-corrected chi connectivity index (χ4v) is 5.38. The third-order valence-corrected chi connectivity index (χ3v) is 6.69. The molecular weight excluding hydrogens is 372 g/mol. The smallest absolute Gasteiger partial charge is 0.327 e. The number of aliphatic carboxylic acids is 1. The average molecular weight is 393 g/mol. The van der Waals surface area contributed by atoms with E-state index >= 15 is 0 Å².